The number of halogens is 1. The molecule has 0 amide bonds. The second-order valence-corrected chi connectivity index (χ2v) is 7.16. The van der Waals surface area contributed by atoms with Crippen LogP contribution in [0.2, 0.25) is 0 Å². The molecule has 0 aromatic heterocycles. The van der Waals surface area contributed by atoms with E-state index in [9.17, 15) is 24.2 Å². The third-order valence-electron chi connectivity index (χ3n) is 5.66. The maximum Gasteiger partial charge on any atom is 0.332 e. The first-order valence-corrected chi connectivity index (χ1v) is 9.42. The molecule has 0 bridgehead atoms. The van der Waals surface area contributed by atoms with Gasteiger partial charge in [0.2, 0.25) is 0 Å². The van der Waals surface area contributed by atoms with Gasteiger partial charge in [0.15, 0.2) is 0 Å². The Hall–Kier alpha value is -2.47. The van der Waals surface area contributed by atoms with E-state index in [1.807, 2.05) is 6.92 Å². The average Bonchev–Trinajstić information content (AvgIpc) is 2.66. The minimum Gasteiger partial charge on any atom is -0.481 e. The summed E-state index contributed by atoms with van der Waals surface area (Å²) >= 11 is 0. The van der Waals surface area contributed by atoms with Gasteiger partial charge in [-0.15, -0.1) is 0 Å². The van der Waals surface area contributed by atoms with E-state index in [1.54, 1.807) is 32.2 Å². The molecule has 1 aromatic carbocycles. The van der Waals surface area contributed by atoms with Gasteiger partial charge in [0.25, 0.3) is 0 Å². The lowest BCUT2D eigenvalue weighted by Gasteiger charge is -2.39. The summed E-state index contributed by atoms with van der Waals surface area (Å²) < 4.78 is 18.3. The van der Waals surface area contributed by atoms with Crippen molar-refractivity contribution in [2.24, 2.45) is 11.3 Å². The zero-order chi connectivity index (χ0) is 20.9. The summed E-state index contributed by atoms with van der Waals surface area (Å²) in [5.74, 6) is -3.19. The van der Waals surface area contributed by atoms with E-state index >= 15 is 0 Å². The number of hydrogen-bond donors (Lipinski definition) is 2. The molecular formula is C22H27FO5. The van der Waals surface area contributed by atoms with E-state index in [2.05, 4.69) is 0 Å². The van der Waals surface area contributed by atoms with Crippen molar-refractivity contribution in [3.63, 3.8) is 0 Å². The highest BCUT2D eigenvalue weighted by Gasteiger charge is 2.48. The van der Waals surface area contributed by atoms with Gasteiger partial charge in [-0.05, 0) is 54.5 Å². The topological polar surface area (TPSA) is 83.8 Å². The quantitative estimate of drug-likeness (QED) is 0.659. The van der Waals surface area contributed by atoms with Crippen molar-refractivity contribution >= 4 is 11.9 Å². The fraction of sp³-hybridized carbons (Fsp3) is 0.455. The zero-order valence-electron chi connectivity index (χ0n) is 16.5. The lowest BCUT2D eigenvalue weighted by Crippen LogP contribution is -2.41. The maximum atomic E-state index is 13.1. The Bertz CT molecular complexity index is 794. The zero-order valence-corrected chi connectivity index (χ0v) is 16.5. The minimum absolute atomic E-state index is 0.151. The molecule has 0 fully saturated rings. The van der Waals surface area contributed by atoms with Gasteiger partial charge < -0.3 is 14.9 Å². The van der Waals surface area contributed by atoms with E-state index in [4.69, 9.17) is 4.74 Å². The summed E-state index contributed by atoms with van der Waals surface area (Å²) in [6, 6.07) is 5.93. The second-order valence-electron chi connectivity index (χ2n) is 7.16. The van der Waals surface area contributed by atoms with Gasteiger partial charge in [-0.1, -0.05) is 32.1 Å². The fourth-order valence-electron chi connectivity index (χ4n) is 3.99. The lowest BCUT2D eigenvalue weighted by atomic mass is 9.63. The third kappa shape index (κ3) is 4.33. The summed E-state index contributed by atoms with van der Waals surface area (Å²) in [5, 5.41) is 20.0. The van der Waals surface area contributed by atoms with Crippen LogP contribution in [0.15, 0.2) is 47.1 Å². The van der Waals surface area contributed by atoms with Gasteiger partial charge >= 0.3 is 11.9 Å². The average molecular weight is 390 g/mol. The van der Waals surface area contributed by atoms with Gasteiger partial charge in [-0.3, -0.25) is 4.79 Å². The number of methoxy groups -OCH3 is 1. The number of carboxylic acid groups (broad SMARTS) is 2. The summed E-state index contributed by atoms with van der Waals surface area (Å²) in [6.45, 7) is 3.92. The van der Waals surface area contributed by atoms with Crippen LogP contribution in [0, 0.1) is 17.2 Å². The largest absolute Gasteiger partial charge is 0.481 e. The Morgan fingerprint density at radius 2 is 1.82 bits per heavy atom. The second kappa shape index (κ2) is 9.15. The summed E-state index contributed by atoms with van der Waals surface area (Å²) in [4.78, 5) is 24.4. The van der Waals surface area contributed by atoms with Crippen LogP contribution < -0.4 is 0 Å². The number of aliphatic carboxylic acids is 2. The predicted molar refractivity (Wildman–Crippen MR) is 103 cm³/mol. The molecule has 28 heavy (non-hydrogen) atoms. The SMILES string of the molecule is CCC1=CC(CCc2ccc(F)cc2)(C(=O)O)C(C)C(C(=O)O)=C1CCOC. The van der Waals surface area contributed by atoms with Crippen LogP contribution in [-0.4, -0.2) is 35.9 Å². The first-order chi connectivity index (χ1) is 13.3. The Labute approximate surface area is 164 Å². The van der Waals surface area contributed by atoms with Crippen LogP contribution in [0.25, 0.3) is 0 Å². The van der Waals surface area contributed by atoms with Crippen molar-refractivity contribution in [1.82, 2.24) is 0 Å². The van der Waals surface area contributed by atoms with Crippen molar-refractivity contribution in [3.8, 4) is 0 Å². The van der Waals surface area contributed by atoms with Crippen LogP contribution in [0.1, 0.15) is 38.7 Å². The molecule has 2 atom stereocenters. The molecule has 5 nitrogen and oxygen atoms in total. The van der Waals surface area contributed by atoms with Crippen molar-refractivity contribution in [1.29, 1.82) is 0 Å². The van der Waals surface area contributed by atoms with Crippen LogP contribution in [0.5, 0.6) is 0 Å². The number of aryl methyl sites for hydroxylation is 1. The van der Waals surface area contributed by atoms with Crippen LogP contribution in [-0.2, 0) is 20.7 Å². The predicted octanol–water partition coefficient (Wildman–Crippen LogP) is 4.23. The first-order valence-electron chi connectivity index (χ1n) is 9.42. The standard InChI is InChI=1S/C22H27FO5/c1-4-16-13-22(21(26)27,11-9-15-5-7-17(23)8-6-15)14(2)19(20(24)25)18(16)10-12-28-3/h5-8,13-14H,4,9-12H2,1-3H3,(H,24,25)(H,26,27). The van der Waals surface area contributed by atoms with Crippen LogP contribution >= 0.6 is 0 Å². The van der Waals surface area contributed by atoms with E-state index in [0.717, 1.165) is 11.1 Å². The molecule has 1 aliphatic rings. The first kappa shape index (κ1) is 21.8. The van der Waals surface area contributed by atoms with Crippen LogP contribution in [0.4, 0.5) is 4.39 Å². The number of allylic oxidation sites excluding steroid dienone is 1. The number of ether oxygens (including phenoxy) is 1. The van der Waals surface area contributed by atoms with E-state index in [0.29, 0.717) is 31.4 Å². The van der Waals surface area contributed by atoms with E-state index in [-0.39, 0.29) is 17.8 Å². The molecular weight excluding hydrogens is 363 g/mol. The molecule has 1 aromatic rings. The molecule has 0 radical (unpaired) electrons. The number of rotatable bonds is 9. The van der Waals surface area contributed by atoms with Crippen molar-refractivity contribution < 1.29 is 28.9 Å². The van der Waals surface area contributed by atoms with E-state index < -0.39 is 23.3 Å². The molecule has 0 aliphatic heterocycles. The van der Waals surface area contributed by atoms with Gasteiger partial charge in [-0.2, -0.15) is 0 Å². The molecule has 152 valence electrons. The smallest absolute Gasteiger partial charge is 0.332 e. The van der Waals surface area contributed by atoms with Crippen LogP contribution in [0.3, 0.4) is 0 Å². The Morgan fingerprint density at radius 1 is 1.18 bits per heavy atom. The molecule has 0 saturated carbocycles. The molecule has 6 heteroatoms. The molecule has 2 unspecified atom stereocenters. The van der Waals surface area contributed by atoms with Gasteiger partial charge in [0.05, 0.1) is 12.0 Å². The molecule has 0 heterocycles. The number of benzene rings is 1. The van der Waals surface area contributed by atoms with Crippen molar-refractivity contribution in [2.75, 3.05) is 13.7 Å². The molecule has 1 aliphatic carbocycles. The van der Waals surface area contributed by atoms with E-state index in [1.165, 1.54) is 12.1 Å². The Balaban J connectivity index is 2.47. The summed E-state index contributed by atoms with van der Waals surface area (Å²) in [7, 11) is 1.55. The monoisotopic (exact) mass is 390 g/mol. The van der Waals surface area contributed by atoms with Gasteiger partial charge in [0, 0.05) is 18.6 Å². The summed E-state index contributed by atoms with van der Waals surface area (Å²) in [6.07, 6.45) is 3.34. The number of carboxylic acids is 2. The Kier molecular flexibility index (Phi) is 7.13. The van der Waals surface area contributed by atoms with Crippen molar-refractivity contribution in [3.05, 3.63) is 58.4 Å². The molecule has 2 N–H and O–H groups in total. The maximum absolute atomic E-state index is 13.1. The molecule has 2 rings (SSSR count). The summed E-state index contributed by atoms with van der Waals surface area (Å²) in [5.41, 5.74) is 1.05. The highest BCUT2D eigenvalue weighted by molar-refractivity contribution is 5.93. The Morgan fingerprint density at radius 3 is 2.32 bits per heavy atom. The molecule has 0 spiro atoms. The third-order valence-corrected chi connectivity index (χ3v) is 5.66. The van der Waals surface area contributed by atoms with Gasteiger partial charge in [0.1, 0.15) is 5.82 Å². The lowest BCUT2D eigenvalue weighted by molar-refractivity contribution is -0.149. The number of carbonyl (C=O) groups is 2. The fourth-order valence-corrected chi connectivity index (χ4v) is 3.99. The van der Waals surface area contributed by atoms with Crippen molar-refractivity contribution in [2.45, 2.75) is 39.5 Å². The highest BCUT2D eigenvalue weighted by Crippen LogP contribution is 2.47. The molecule has 0 saturated heterocycles. The minimum atomic E-state index is -1.33. The normalized spacial score (nSPS) is 22.1. The highest BCUT2D eigenvalue weighted by atomic mass is 19.1. The van der Waals surface area contributed by atoms with Gasteiger partial charge in [-0.25, -0.2) is 9.18 Å². The number of hydrogen-bond acceptors (Lipinski definition) is 3.